The molecule has 0 atom stereocenters. The van der Waals surface area contributed by atoms with E-state index in [1.165, 1.54) is 6.08 Å². The summed E-state index contributed by atoms with van der Waals surface area (Å²) in [5.41, 5.74) is 4.88. The molecule has 0 fully saturated rings. The molecule has 0 saturated heterocycles. The van der Waals surface area contributed by atoms with Gasteiger partial charge in [0.2, 0.25) is 0 Å². The average molecular weight is 375 g/mol. The van der Waals surface area contributed by atoms with Crippen LogP contribution in [0.1, 0.15) is 37.5 Å². The van der Waals surface area contributed by atoms with Crippen molar-refractivity contribution in [1.29, 1.82) is 0 Å². The van der Waals surface area contributed by atoms with Gasteiger partial charge in [-0.05, 0) is 57.4 Å². The van der Waals surface area contributed by atoms with Crippen molar-refractivity contribution in [3.63, 3.8) is 0 Å². The van der Waals surface area contributed by atoms with Crippen LogP contribution >= 0.6 is 11.6 Å². The molecule has 0 aliphatic rings. The number of hydrogen-bond acceptors (Lipinski definition) is 3. The van der Waals surface area contributed by atoms with Gasteiger partial charge in [0.1, 0.15) is 5.75 Å². The molecule has 0 amide bonds. The van der Waals surface area contributed by atoms with Gasteiger partial charge < -0.3 is 9.47 Å². The second-order valence-corrected chi connectivity index (χ2v) is 6.37. The third-order valence-corrected chi connectivity index (χ3v) is 4.28. The Hall–Kier alpha value is -2.26. The second kappa shape index (κ2) is 10.7. The molecule has 0 unspecified atom stereocenters. The third-order valence-electron chi connectivity index (χ3n) is 3.79. The lowest BCUT2D eigenvalue weighted by Crippen LogP contribution is -1.99. The molecule has 140 valence electrons. The molecule has 4 heteroatoms. The minimum absolute atomic E-state index is 0.324. The standard InChI is InChI=1S/C22H27ClO3/c1-7-26-21(24)13-16(3)10-8-9-15(2)11-12-19-17(4)14-20(25-6)18(5)22(19)23/h8-14H,7H2,1-6H3/b10-8+,12-11+,15-9+,16-13+. The summed E-state index contributed by atoms with van der Waals surface area (Å²) in [5.74, 6) is 0.471. The summed E-state index contributed by atoms with van der Waals surface area (Å²) < 4.78 is 10.2. The zero-order valence-electron chi connectivity index (χ0n) is 16.4. The summed E-state index contributed by atoms with van der Waals surface area (Å²) in [6.07, 6.45) is 11.2. The van der Waals surface area contributed by atoms with Gasteiger partial charge in [0.25, 0.3) is 0 Å². The van der Waals surface area contributed by atoms with Crippen LogP contribution in [0.3, 0.4) is 0 Å². The van der Waals surface area contributed by atoms with Crippen LogP contribution in [0.15, 0.2) is 47.6 Å². The summed E-state index contributed by atoms with van der Waals surface area (Å²) >= 11 is 6.47. The van der Waals surface area contributed by atoms with E-state index in [9.17, 15) is 4.79 Å². The summed E-state index contributed by atoms with van der Waals surface area (Å²) in [7, 11) is 1.64. The molecule has 0 N–H and O–H groups in total. The van der Waals surface area contributed by atoms with E-state index in [-0.39, 0.29) is 5.97 Å². The molecular weight excluding hydrogens is 348 g/mol. The summed E-state index contributed by atoms with van der Waals surface area (Å²) in [5, 5.41) is 0.703. The van der Waals surface area contributed by atoms with E-state index in [1.54, 1.807) is 14.0 Å². The zero-order valence-corrected chi connectivity index (χ0v) is 17.1. The highest BCUT2D eigenvalue weighted by Crippen LogP contribution is 2.32. The maximum atomic E-state index is 11.4. The Labute approximate surface area is 161 Å². The highest BCUT2D eigenvalue weighted by Gasteiger charge is 2.10. The van der Waals surface area contributed by atoms with Crippen molar-refractivity contribution in [3.05, 3.63) is 69.3 Å². The number of halogens is 1. The van der Waals surface area contributed by atoms with Crippen LogP contribution in [-0.4, -0.2) is 19.7 Å². The zero-order chi connectivity index (χ0) is 19.7. The number of aryl methyl sites for hydroxylation is 1. The summed E-state index contributed by atoms with van der Waals surface area (Å²) in [4.78, 5) is 11.4. The quantitative estimate of drug-likeness (QED) is 0.334. The summed E-state index contributed by atoms with van der Waals surface area (Å²) in [6.45, 7) is 9.98. The van der Waals surface area contributed by atoms with Crippen LogP contribution in [0.4, 0.5) is 0 Å². The predicted molar refractivity (Wildman–Crippen MR) is 110 cm³/mol. The molecule has 26 heavy (non-hydrogen) atoms. The molecule has 0 saturated carbocycles. The topological polar surface area (TPSA) is 35.5 Å². The molecule has 0 aliphatic carbocycles. The van der Waals surface area contributed by atoms with E-state index >= 15 is 0 Å². The van der Waals surface area contributed by atoms with Crippen LogP contribution in [0.25, 0.3) is 6.08 Å². The maximum Gasteiger partial charge on any atom is 0.330 e. The van der Waals surface area contributed by atoms with E-state index in [0.717, 1.165) is 33.6 Å². The Morgan fingerprint density at radius 1 is 1.19 bits per heavy atom. The van der Waals surface area contributed by atoms with Gasteiger partial charge in [0.05, 0.1) is 18.7 Å². The van der Waals surface area contributed by atoms with E-state index < -0.39 is 0 Å². The maximum absolute atomic E-state index is 11.4. The number of methoxy groups -OCH3 is 1. The first kappa shape index (κ1) is 21.8. The molecule has 0 bridgehead atoms. The molecule has 0 radical (unpaired) electrons. The van der Waals surface area contributed by atoms with Gasteiger partial charge in [-0.1, -0.05) is 47.6 Å². The molecular formula is C22H27ClO3. The molecule has 0 heterocycles. The van der Waals surface area contributed by atoms with E-state index in [1.807, 2.05) is 64.1 Å². The van der Waals surface area contributed by atoms with Gasteiger partial charge in [-0.15, -0.1) is 0 Å². The number of allylic oxidation sites excluding steroid dienone is 6. The van der Waals surface area contributed by atoms with Crippen molar-refractivity contribution in [2.75, 3.05) is 13.7 Å². The smallest absolute Gasteiger partial charge is 0.330 e. The summed E-state index contributed by atoms with van der Waals surface area (Å²) in [6, 6.07) is 1.99. The second-order valence-electron chi connectivity index (χ2n) is 5.99. The van der Waals surface area contributed by atoms with Gasteiger partial charge >= 0.3 is 5.97 Å². The number of hydrogen-bond donors (Lipinski definition) is 0. The number of ether oxygens (including phenoxy) is 2. The highest BCUT2D eigenvalue weighted by atomic mass is 35.5. The Morgan fingerprint density at radius 2 is 1.88 bits per heavy atom. The minimum Gasteiger partial charge on any atom is -0.496 e. The first-order valence-corrected chi connectivity index (χ1v) is 8.89. The number of benzene rings is 1. The Bertz CT molecular complexity index is 768. The Balaban J connectivity index is 2.89. The van der Waals surface area contributed by atoms with Crippen LogP contribution in [0.5, 0.6) is 5.75 Å². The van der Waals surface area contributed by atoms with Crippen molar-refractivity contribution >= 4 is 23.6 Å². The van der Waals surface area contributed by atoms with Crippen LogP contribution in [-0.2, 0) is 9.53 Å². The molecule has 3 nitrogen and oxygen atoms in total. The van der Waals surface area contributed by atoms with Crippen molar-refractivity contribution in [1.82, 2.24) is 0 Å². The first-order valence-electron chi connectivity index (χ1n) is 8.51. The number of carbonyl (C=O) groups is 1. The lowest BCUT2D eigenvalue weighted by atomic mass is 10.0. The van der Waals surface area contributed by atoms with E-state index in [0.29, 0.717) is 11.6 Å². The Morgan fingerprint density at radius 3 is 2.50 bits per heavy atom. The monoisotopic (exact) mass is 374 g/mol. The number of esters is 1. The number of rotatable bonds is 7. The average Bonchev–Trinajstić information content (AvgIpc) is 2.58. The molecule has 0 aliphatic heterocycles. The lowest BCUT2D eigenvalue weighted by Gasteiger charge is -2.12. The normalized spacial score (nSPS) is 12.9. The van der Waals surface area contributed by atoms with Crippen LogP contribution < -0.4 is 4.74 Å². The molecule has 0 aromatic heterocycles. The first-order chi connectivity index (χ1) is 12.3. The van der Waals surface area contributed by atoms with Crippen molar-refractivity contribution in [2.45, 2.75) is 34.6 Å². The highest BCUT2D eigenvalue weighted by molar-refractivity contribution is 6.33. The van der Waals surface area contributed by atoms with E-state index in [4.69, 9.17) is 21.1 Å². The molecule has 1 aromatic carbocycles. The molecule has 1 aromatic rings. The van der Waals surface area contributed by atoms with Gasteiger partial charge in [0, 0.05) is 11.6 Å². The van der Waals surface area contributed by atoms with Crippen molar-refractivity contribution in [2.24, 2.45) is 0 Å². The molecule has 1 rings (SSSR count). The molecule has 0 spiro atoms. The van der Waals surface area contributed by atoms with Crippen LogP contribution in [0, 0.1) is 13.8 Å². The van der Waals surface area contributed by atoms with Crippen molar-refractivity contribution in [3.8, 4) is 5.75 Å². The SMILES string of the molecule is CCOC(=O)/C=C(C)/C=C/C=C(C)/C=C/c1c(C)cc(OC)c(C)c1Cl. The minimum atomic E-state index is -0.324. The fraction of sp³-hybridized carbons (Fsp3) is 0.318. The van der Waals surface area contributed by atoms with Gasteiger partial charge in [-0.3, -0.25) is 0 Å². The largest absolute Gasteiger partial charge is 0.496 e. The fourth-order valence-corrected chi connectivity index (χ4v) is 2.63. The van der Waals surface area contributed by atoms with Crippen LogP contribution in [0.2, 0.25) is 5.02 Å². The van der Waals surface area contributed by atoms with Gasteiger partial charge in [-0.25, -0.2) is 4.79 Å². The van der Waals surface area contributed by atoms with Gasteiger partial charge in [-0.2, -0.15) is 0 Å². The van der Waals surface area contributed by atoms with E-state index in [2.05, 4.69) is 0 Å². The Kier molecular flexibility index (Phi) is 8.94. The third kappa shape index (κ3) is 6.57. The fourth-order valence-electron chi connectivity index (χ4n) is 2.32. The number of carbonyl (C=O) groups excluding carboxylic acids is 1. The van der Waals surface area contributed by atoms with Crippen molar-refractivity contribution < 1.29 is 14.3 Å². The predicted octanol–water partition coefficient (Wildman–Crippen LogP) is 5.99. The van der Waals surface area contributed by atoms with Gasteiger partial charge in [0.15, 0.2) is 0 Å². The lowest BCUT2D eigenvalue weighted by molar-refractivity contribution is -0.137.